The molecule has 1 heterocycles. The Morgan fingerprint density at radius 1 is 1.47 bits per heavy atom. The van der Waals surface area contributed by atoms with Gasteiger partial charge in [-0.3, -0.25) is 4.79 Å². The van der Waals surface area contributed by atoms with Crippen LogP contribution in [0.1, 0.15) is 23.9 Å². The zero-order valence-corrected chi connectivity index (χ0v) is 12.3. The van der Waals surface area contributed by atoms with Gasteiger partial charge in [0, 0.05) is 24.0 Å². The molecule has 0 spiro atoms. The molecule has 106 valence electrons. The van der Waals surface area contributed by atoms with E-state index in [0.29, 0.717) is 11.5 Å². The highest BCUT2D eigenvalue weighted by Crippen LogP contribution is 2.20. The highest BCUT2D eigenvalue weighted by molar-refractivity contribution is 7.98. The number of esters is 1. The number of thioether (sulfide) groups is 1. The molecule has 1 amide bonds. The summed E-state index contributed by atoms with van der Waals surface area (Å²) in [4.78, 5) is 22.5. The quantitative estimate of drug-likeness (QED) is 0.791. The maximum Gasteiger partial charge on any atom is 0.329 e. The van der Waals surface area contributed by atoms with Crippen LogP contribution >= 0.6 is 11.8 Å². The Kier molecular flexibility index (Phi) is 5.88. The molecule has 7 heteroatoms. The number of nitrogens with zero attached hydrogens (tertiary/aromatic N) is 1. The maximum atomic E-state index is 11.5. The molecule has 1 aromatic heterocycles. The molecule has 1 aromatic rings. The fourth-order valence-corrected chi connectivity index (χ4v) is 2.73. The minimum absolute atomic E-state index is 0.256. The summed E-state index contributed by atoms with van der Waals surface area (Å²) in [6.45, 7) is 5.09. The molecule has 0 unspecified atom stereocenters. The number of carbonyl (C=O) groups is 2. The molecule has 0 bridgehead atoms. The Hall–Kier alpha value is -1.50. The van der Waals surface area contributed by atoms with Crippen LogP contribution in [0.25, 0.3) is 0 Å². The van der Waals surface area contributed by atoms with Gasteiger partial charge in [-0.1, -0.05) is 5.16 Å². The topological polar surface area (TPSA) is 81.4 Å². The lowest BCUT2D eigenvalue weighted by atomic mass is 10.2. The number of nitrogens with one attached hydrogen (secondary N) is 1. The molecule has 19 heavy (non-hydrogen) atoms. The molecule has 0 aromatic carbocycles. The molecule has 6 nitrogen and oxygen atoms in total. The fraction of sp³-hybridized carbons (Fsp3) is 0.583. The van der Waals surface area contributed by atoms with E-state index in [9.17, 15) is 9.59 Å². The van der Waals surface area contributed by atoms with E-state index in [-0.39, 0.29) is 5.91 Å². The Balaban J connectivity index is 2.53. The van der Waals surface area contributed by atoms with Crippen LogP contribution < -0.4 is 5.32 Å². The van der Waals surface area contributed by atoms with Crippen molar-refractivity contribution in [1.82, 2.24) is 10.5 Å². The summed E-state index contributed by atoms with van der Waals surface area (Å²) < 4.78 is 9.71. The first kappa shape index (κ1) is 15.6. The minimum atomic E-state index is -0.632. The van der Waals surface area contributed by atoms with Gasteiger partial charge in [-0.15, -0.1) is 0 Å². The van der Waals surface area contributed by atoms with E-state index in [4.69, 9.17) is 4.52 Å². The lowest BCUT2D eigenvalue weighted by Gasteiger charge is -2.14. The summed E-state index contributed by atoms with van der Waals surface area (Å²) in [5.74, 6) is 1.19. The van der Waals surface area contributed by atoms with Crippen LogP contribution in [0, 0.1) is 13.8 Å². The molecule has 1 N–H and O–H groups in total. The van der Waals surface area contributed by atoms with E-state index >= 15 is 0 Å². The number of rotatable bonds is 6. The summed E-state index contributed by atoms with van der Waals surface area (Å²) >= 11 is 1.52. The highest BCUT2D eigenvalue weighted by atomic mass is 32.2. The molecule has 0 aliphatic rings. The second-order valence-electron chi connectivity index (χ2n) is 4.09. The smallest absolute Gasteiger partial charge is 0.329 e. The van der Waals surface area contributed by atoms with E-state index in [1.165, 1.54) is 25.8 Å². The highest BCUT2D eigenvalue weighted by Gasteiger charge is 2.20. The van der Waals surface area contributed by atoms with Crippen LogP contribution in [0.3, 0.4) is 0 Å². The molecule has 0 saturated carbocycles. The minimum Gasteiger partial charge on any atom is -0.467 e. The number of aromatic nitrogens is 1. The second kappa shape index (κ2) is 7.18. The molecule has 0 radical (unpaired) electrons. The lowest BCUT2D eigenvalue weighted by molar-refractivity contribution is -0.144. The zero-order chi connectivity index (χ0) is 14.4. The normalized spacial score (nSPS) is 12.0. The van der Waals surface area contributed by atoms with Crippen LogP contribution in [0.5, 0.6) is 0 Å². The Bertz CT molecular complexity index is 439. The number of hydrogen-bond acceptors (Lipinski definition) is 6. The van der Waals surface area contributed by atoms with Crippen LogP contribution in [-0.4, -0.2) is 35.9 Å². The van der Waals surface area contributed by atoms with Crippen molar-refractivity contribution in [1.29, 1.82) is 0 Å². The van der Waals surface area contributed by atoms with Crippen molar-refractivity contribution < 1.29 is 18.8 Å². The molecule has 0 aliphatic carbocycles. The third-order valence-electron chi connectivity index (χ3n) is 2.58. The SMILES string of the molecule is COC(=O)[C@H](CSCc1c(C)noc1C)NC(C)=O. The molecular formula is C12H18N2O4S. The van der Waals surface area contributed by atoms with Crippen LogP contribution in [-0.2, 0) is 20.1 Å². The summed E-state index contributed by atoms with van der Waals surface area (Å²) in [6.07, 6.45) is 0. The van der Waals surface area contributed by atoms with Crippen molar-refractivity contribution in [3.05, 3.63) is 17.0 Å². The standard InChI is InChI=1S/C12H18N2O4S/c1-7-10(8(2)18-14-7)5-19-6-11(12(16)17-4)13-9(3)15/h11H,5-6H2,1-4H3,(H,13,15)/t11-/m0/s1. The Labute approximate surface area is 116 Å². The van der Waals surface area contributed by atoms with Gasteiger partial charge in [0.15, 0.2) is 0 Å². The Morgan fingerprint density at radius 2 is 2.16 bits per heavy atom. The zero-order valence-electron chi connectivity index (χ0n) is 11.5. The van der Waals surface area contributed by atoms with Crippen molar-refractivity contribution >= 4 is 23.6 Å². The third-order valence-corrected chi connectivity index (χ3v) is 3.64. The van der Waals surface area contributed by atoms with E-state index in [1.54, 1.807) is 0 Å². The van der Waals surface area contributed by atoms with Crippen molar-refractivity contribution in [2.75, 3.05) is 12.9 Å². The van der Waals surface area contributed by atoms with Gasteiger partial charge >= 0.3 is 5.97 Å². The number of amides is 1. The average molecular weight is 286 g/mol. The van der Waals surface area contributed by atoms with Crippen molar-refractivity contribution in [2.24, 2.45) is 0 Å². The fourth-order valence-electron chi connectivity index (χ4n) is 1.54. The molecule has 1 rings (SSSR count). The van der Waals surface area contributed by atoms with Crippen molar-refractivity contribution in [3.8, 4) is 0 Å². The number of hydrogen-bond donors (Lipinski definition) is 1. The van der Waals surface area contributed by atoms with Crippen molar-refractivity contribution in [3.63, 3.8) is 0 Å². The van der Waals surface area contributed by atoms with Gasteiger partial charge in [0.1, 0.15) is 11.8 Å². The first-order valence-electron chi connectivity index (χ1n) is 5.80. The van der Waals surface area contributed by atoms with Gasteiger partial charge in [-0.05, 0) is 13.8 Å². The molecule has 1 atom stereocenters. The lowest BCUT2D eigenvalue weighted by Crippen LogP contribution is -2.42. The number of carbonyl (C=O) groups excluding carboxylic acids is 2. The Morgan fingerprint density at radius 3 is 2.63 bits per heavy atom. The van der Waals surface area contributed by atoms with Crippen LogP contribution in [0.2, 0.25) is 0 Å². The summed E-state index contributed by atoms with van der Waals surface area (Å²) in [5, 5.41) is 6.43. The average Bonchev–Trinajstić information content (AvgIpc) is 2.67. The van der Waals surface area contributed by atoms with Crippen molar-refractivity contribution in [2.45, 2.75) is 32.6 Å². The predicted molar refractivity (Wildman–Crippen MR) is 71.8 cm³/mol. The van der Waals surface area contributed by atoms with Gasteiger partial charge in [-0.25, -0.2) is 4.79 Å². The van der Waals surface area contributed by atoms with E-state index in [1.807, 2.05) is 13.8 Å². The largest absolute Gasteiger partial charge is 0.467 e. The van der Waals surface area contributed by atoms with Gasteiger partial charge in [0.25, 0.3) is 0 Å². The van der Waals surface area contributed by atoms with Gasteiger partial charge in [-0.2, -0.15) is 11.8 Å². The summed E-state index contributed by atoms with van der Waals surface area (Å²) in [6, 6.07) is -0.632. The molecule has 0 fully saturated rings. The first-order valence-corrected chi connectivity index (χ1v) is 6.95. The molecule has 0 saturated heterocycles. The van der Waals surface area contributed by atoms with Gasteiger partial charge in [0.05, 0.1) is 12.8 Å². The van der Waals surface area contributed by atoms with E-state index in [2.05, 4.69) is 15.2 Å². The van der Waals surface area contributed by atoms with Crippen LogP contribution in [0.15, 0.2) is 4.52 Å². The molecular weight excluding hydrogens is 268 g/mol. The predicted octanol–water partition coefficient (Wildman–Crippen LogP) is 1.20. The first-order chi connectivity index (χ1) is 8.95. The summed E-state index contributed by atoms with van der Waals surface area (Å²) in [7, 11) is 1.30. The van der Waals surface area contributed by atoms with E-state index in [0.717, 1.165) is 17.0 Å². The monoisotopic (exact) mass is 286 g/mol. The number of ether oxygens (including phenoxy) is 1. The third kappa shape index (κ3) is 4.59. The van der Waals surface area contributed by atoms with Gasteiger partial charge in [0.2, 0.25) is 5.91 Å². The maximum absolute atomic E-state index is 11.5. The van der Waals surface area contributed by atoms with Crippen LogP contribution in [0.4, 0.5) is 0 Å². The van der Waals surface area contributed by atoms with E-state index < -0.39 is 12.0 Å². The number of aryl methyl sites for hydroxylation is 2. The molecule has 0 aliphatic heterocycles. The summed E-state index contributed by atoms with van der Waals surface area (Å²) in [5.41, 5.74) is 1.87. The number of methoxy groups -OCH3 is 1. The second-order valence-corrected chi connectivity index (χ2v) is 5.12. The van der Waals surface area contributed by atoms with Gasteiger partial charge < -0.3 is 14.6 Å².